The number of likely N-dealkylation sites (tertiary alicyclic amines) is 1. The van der Waals surface area contributed by atoms with E-state index in [1.165, 1.54) is 23.8 Å². The lowest BCUT2D eigenvalue weighted by molar-refractivity contribution is 0.0591. The Morgan fingerprint density at radius 1 is 1.00 bits per heavy atom. The first-order valence-corrected chi connectivity index (χ1v) is 10.9. The molecule has 1 aliphatic rings. The average Bonchev–Trinajstić information content (AvgIpc) is 2.83. The van der Waals surface area contributed by atoms with Gasteiger partial charge in [-0.05, 0) is 25.1 Å². The quantitative estimate of drug-likeness (QED) is 0.598. The number of para-hydroxylation sites is 1. The second-order valence-electron chi connectivity index (χ2n) is 8.14. The first kappa shape index (κ1) is 22.4. The Labute approximate surface area is 191 Å². The number of aromatic nitrogens is 2. The molecule has 0 radical (unpaired) electrons. The highest BCUT2D eigenvalue weighted by Gasteiger charge is 2.27. The lowest BCUT2D eigenvalue weighted by Crippen LogP contribution is -2.42. The Morgan fingerprint density at radius 2 is 1.70 bits per heavy atom. The normalized spacial score (nSPS) is 14.2. The van der Waals surface area contributed by atoms with Crippen LogP contribution in [-0.4, -0.2) is 46.2 Å². The summed E-state index contributed by atoms with van der Waals surface area (Å²) in [5, 5.41) is 0. The van der Waals surface area contributed by atoms with Crippen molar-refractivity contribution in [3.8, 4) is 17.2 Å². The summed E-state index contributed by atoms with van der Waals surface area (Å²) in [5.74, 6) is 0.613. The number of piperidine rings is 1. The minimum absolute atomic E-state index is 0.0827. The third-order valence-corrected chi connectivity index (χ3v) is 6.01. The van der Waals surface area contributed by atoms with Gasteiger partial charge in [0.15, 0.2) is 0 Å². The highest BCUT2D eigenvalue weighted by atomic mass is 16.5. The van der Waals surface area contributed by atoms with E-state index in [-0.39, 0.29) is 28.9 Å². The number of carbonyl (C=O) groups is 1. The summed E-state index contributed by atoms with van der Waals surface area (Å²) in [5.41, 5.74) is 1.45. The van der Waals surface area contributed by atoms with Crippen molar-refractivity contribution in [2.45, 2.75) is 25.9 Å². The predicted molar refractivity (Wildman–Crippen MR) is 125 cm³/mol. The van der Waals surface area contributed by atoms with E-state index < -0.39 is 0 Å². The summed E-state index contributed by atoms with van der Waals surface area (Å²) < 4.78 is 14.4. The lowest BCUT2D eigenvalue weighted by atomic mass is 10.1. The fraction of sp³-hybridized carbons (Fsp3) is 0.320. The van der Waals surface area contributed by atoms with Crippen molar-refractivity contribution in [1.82, 2.24) is 14.0 Å². The minimum Gasteiger partial charge on any atom is -0.496 e. The highest BCUT2D eigenvalue weighted by Crippen LogP contribution is 2.23. The van der Waals surface area contributed by atoms with E-state index >= 15 is 0 Å². The maximum Gasteiger partial charge on any atom is 0.259 e. The molecule has 0 atom stereocenters. The van der Waals surface area contributed by atoms with E-state index in [1.807, 2.05) is 43.3 Å². The van der Waals surface area contributed by atoms with Crippen molar-refractivity contribution >= 4 is 5.91 Å². The molecular formula is C25H27N3O5. The minimum atomic E-state index is -0.272. The van der Waals surface area contributed by atoms with Crippen LogP contribution in [0.3, 0.4) is 0 Å². The molecule has 1 saturated heterocycles. The van der Waals surface area contributed by atoms with Crippen LogP contribution in [0, 0.1) is 6.92 Å². The van der Waals surface area contributed by atoms with Crippen LogP contribution in [-0.2, 0) is 7.05 Å². The zero-order chi connectivity index (χ0) is 23.5. The molecule has 0 N–H and O–H groups in total. The van der Waals surface area contributed by atoms with Crippen molar-refractivity contribution in [3.63, 3.8) is 0 Å². The molecule has 1 aromatic carbocycles. The lowest BCUT2D eigenvalue weighted by Gasteiger charge is -2.32. The van der Waals surface area contributed by atoms with Gasteiger partial charge in [0.1, 0.15) is 17.6 Å². The van der Waals surface area contributed by atoms with E-state index in [9.17, 15) is 14.4 Å². The Balaban J connectivity index is 1.49. The van der Waals surface area contributed by atoms with Crippen molar-refractivity contribution in [2.24, 2.45) is 7.05 Å². The Hall–Kier alpha value is -3.81. The fourth-order valence-corrected chi connectivity index (χ4v) is 3.98. The average molecular weight is 450 g/mol. The number of rotatable bonds is 5. The molecule has 1 amide bonds. The molecule has 2 aromatic heterocycles. The molecule has 1 fully saturated rings. The molecule has 8 heteroatoms. The first-order chi connectivity index (χ1) is 15.9. The molecule has 0 unspecified atom stereocenters. The number of carbonyl (C=O) groups excluding carboxylic acids is 1. The van der Waals surface area contributed by atoms with Gasteiger partial charge in [0.25, 0.3) is 17.0 Å². The number of hydrogen-bond donors (Lipinski definition) is 0. The highest BCUT2D eigenvalue weighted by molar-refractivity contribution is 5.96. The number of ether oxygens (including phenoxy) is 2. The van der Waals surface area contributed by atoms with Crippen LogP contribution in [0.4, 0.5) is 0 Å². The summed E-state index contributed by atoms with van der Waals surface area (Å²) in [6, 6.07) is 13.8. The monoisotopic (exact) mass is 449 g/mol. The standard InChI is InChI=1S/C25H27N3O5/c1-17-13-20(14-23(29)26(17)2)33-19-9-11-27(12-10-19)25(31)21-16-28(18-7-5-4-6-8-18)24(30)15-22(21)32-3/h4-8,13-16,19H,9-12H2,1-3H3. The molecule has 0 aliphatic carbocycles. The van der Waals surface area contributed by atoms with Crippen LogP contribution in [0.25, 0.3) is 5.69 Å². The summed E-state index contributed by atoms with van der Waals surface area (Å²) >= 11 is 0. The van der Waals surface area contributed by atoms with Crippen LogP contribution >= 0.6 is 0 Å². The van der Waals surface area contributed by atoms with Gasteiger partial charge < -0.3 is 18.9 Å². The van der Waals surface area contributed by atoms with Crippen molar-refractivity contribution in [3.05, 3.63) is 86.7 Å². The molecule has 3 aromatic rings. The zero-order valence-corrected chi connectivity index (χ0v) is 19.0. The van der Waals surface area contributed by atoms with E-state index in [0.29, 0.717) is 42.9 Å². The number of nitrogens with zero attached hydrogens (tertiary/aromatic N) is 3. The maximum atomic E-state index is 13.3. The van der Waals surface area contributed by atoms with Gasteiger partial charge in [-0.1, -0.05) is 18.2 Å². The molecule has 172 valence electrons. The Bertz CT molecular complexity index is 1270. The van der Waals surface area contributed by atoms with E-state index in [1.54, 1.807) is 22.7 Å². The number of pyridine rings is 2. The number of hydrogen-bond acceptors (Lipinski definition) is 5. The van der Waals surface area contributed by atoms with Crippen LogP contribution in [0.5, 0.6) is 11.5 Å². The molecule has 0 saturated carbocycles. The number of benzene rings is 1. The summed E-state index contributed by atoms with van der Waals surface area (Å²) in [6.45, 7) is 2.86. The Morgan fingerprint density at radius 3 is 2.33 bits per heavy atom. The molecule has 0 spiro atoms. The topological polar surface area (TPSA) is 82.8 Å². The van der Waals surface area contributed by atoms with E-state index in [4.69, 9.17) is 9.47 Å². The molecule has 3 heterocycles. The fourth-order valence-electron chi connectivity index (χ4n) is 3.98. The number of aryl methyl sites for hydroxylation is 1. The SMILES string of the molecule is COc1cc(=O)n(-c2ccccc2)cc1C(=O)N1CCC(Oc2cc(C)n(C)c(=O)c2)CC1. The number of amides is 1. The predicted octanol–water partition coefficient (Wildman–Crippen LogP) is 2.54. The van der Waals surface area contributed by atoms with Crippen LogP contribution < -0.4 is 20.6 Å². The van der Waals surface area contributed by atoms with E-state index in [2.05, 4.69) is 0 Å². The molecular weight excluding hydrogens is 422 g/mol. The number of methoxy groups -OCH3 is 1. The molecule has 0 bridgehead atoms. The summed E-state index contributed by atoms with van der Waals surface area (Å²) in [4.78, 5) is 39.6. The second-order valence-corrected chi connectivity index (χ2v) is 8.14. The van der Waals surface area contributed by atoms with Gasteiger partial charge in [-0.3, -0.25) is 19.0 Å². The largest absolute Gasteiger partial charge is 0.496 e. The van der Waals surface area contributed by atoms with Gasteiger partial charge in [0.2, 0.25) is 0 Å². The van der Waals surface area contributed by atoms with Gasteiger partial charge in [-0.15, -0.1) is 0 Å². The van der Waals surface area contributed by atoms with Crippen molar-refractivity contribution in [1.29, 1.82) is 0 Å². The van der Waals surface area contributed by atoms with Gasteiger partial charge in [-0.2, -0.15) is 0 Å². The van der Waals surface area contributed by atoms with E-state index in [0.717, 1.165) is 5.69 Å². The van der Waals surface area contributed by atoms with Gasteiger partial charge in [-0.25, -0.2) is 0 Å². The Kier molecular flexibility index (Phi) is 6.35. The van der Waals surface area contributed by atoms with Crippen molar-refractivity contribution in [2.75, 3.05) is 20.2 Å². The summed E-state index contributed by atoms with van der Waals surface area (Å²) in [7, 11) is 3.17. The molecule has 1 aliphatic heterocycles. The third kappa shape index (κ3) is 4.69. The van der Waals surface area contributed by atoms with Crippen LogP contribution in [0.1, 0.15) is 28.9 Å². The van der Waals surface area contributed by atoms with Gasteiger partial charge in [0.05, 0.1) is 12.7 Å². The van der Waals surface area contributed by atoms with Gasteiger partial charge >= 0.3 is 0 Å². The zero-order valence-electron chi connectivity index (χ0n) is 19.0. The second kappa shape index (κ2) is 9.36. The first-order valence-electron chi connectivity index (χ1n) is 10.9. The molecule has 4 rings (SSSR count). The van der Waals surface area contributed by atoms with Crippen molar-refractivity contribution < 1.29 is 14.3 Å². The van der Waals surface area contributed by atoms with Crippen LogP contribution in [0.2, 0.25) is 0 Å². The van der Waals surface area contributed by atoms with Gasteiger partial charge in [0, 0.05) is 62.7 Å². The van der Waals surface area contributed by atoms with Crippen LogP contribution in [0.15, 0.2) is 64.3 Å². The third-order valence-electron chi connectivity index (χ3n) is 6.01. The summed E-state index contributed by atoms with van der Waals surface area (Å²) in [6.07, 6.45) is 2.74. The maximum absolute atomic E-state index is 13.3. The molecule has 8 nitrogen and oxygen atoms in total. The molecule has 33 heavy (non-hydrogen) atoms. The smallest absolute Gasteiger partial charge is 0.259 e.